The van der Waals surface area contributed by atoms with E-state index in [1.54, 1.807) is 24.3 Å². The van der Waals surface area contributed by atoms with Gasteiger partial charge >= 0.3 is 5.97 Å². The van der Waals surface area contributed by atoms with Gasteiger partial charge in [-0.3, -0.25) is 0 Å². The van der Waals surface area contributed by atoms with Crippen molar-refractivity contribution in [2.24, 2.45) is 0 Å². The highest BCUT2D eigenvalue weighted by Gasteiger charge is 2.32. The van der Waals surface area contributed by atoms with Crippen molar-refractivity contribution in [1.29, 1.82) is 0 Å². The lowest BCUT2D eigenvalue weighted by Crippen LogP contribution is -2.26. The van der Waals surface area contributed by atoms with Crippen LogP contribution >= 0.6 is 18.5 Å². The van der Waals surface area contributed by atoms with Crippen molar-refractivity contribution in [3.63, 3.8) is 0 Å². The predicted molar refractivity (Wildman–Crippen MR) is 135 cm³/mol. The predicted octanol–water partition coefficient (Wildman–Crippen LogP) is 5.63. The van der Waals surface area contributed by atoms with Gasteiger partial charge in [-0.2, -0.15) is 0 Å². The Kier molecular flexibility index (Phi) is 6.84. The molecule has 160 valence electrons. The number of carbonyl (C=O) groups is 1. The summed E-state index contributed by atoms with van der Waals surface area (Å²) in [5.41, 5.74) is 1.80. The van der Waals surface area contributed by atoms with Crippen molar-refractivity contribution in [2.45, 2.75) is 6.92 Å². The molecule has 0 atom stereocenters. The van der Waals surface area contributed by atoms with E-state index in [4.69, 9.17) is 4.74 Å². The number of thiophene rings is 1. The monoisotopic (exact) mass is 458 g/mol. The van der Waals surface area contributed by atoms with Crippen molar-refractivity contribution >= 4 is 46.4 Å². The van der Waals surface area contributed by atoms with Crippen LogP contribution in [0.1, 0.15) is 12.5 Å². The van der Waals surface area contributed by atoms with Crippen LogP contribution in [-0.2, 0) is 14.1 Å². The van der Waals surface area contributed by atoms with Crippen molar-refractivity contribution in [3.8, 4) is 10.4 Å². The van der Waals surface area contributed by atoms with Gasteiger partial charge in [-0.05, 0) is 30.0 Å². The van der Waals surface area contributed by atoms with Gasteiger partial charge in [0.05, 0.1) is 6.61 Å². The van der Waals surface area contributed by atoms with Gasteiger partial charge in [-0.25, -0.2) is 4.79 Å². The minimum absolute atomic E-state index is 0.333. The fraction of sp³-hybridized carbons (Fsp3) is 0.0741. The van der Waals surface area contributed by atoms with Crippen LogP contribution in [0.25, 0.3) is 16.5 Å². The van der Waals surface area contributed by atoms with E-state index in [0.717, 1.165) is 31.9 Å². The smallest absolute Gasteiger partial charge is 0.330 e. The minimum Gasteiger partial charge on any atom is -0.463 e. The molecule has 0 N–H and O–H groups in total. The molecule has 0 radical (unpaired) electrons. The first-order chi connectivity index (χ1) is 15.6. The fourth-order valence-corrected chi connectivity index (χ4v) is 7.52. The Hall–Kier alpha value is -3.20. The molecule has 0 aliphatic rings. The van der Waals surface area contributed by atoms with Gasteiger partial charge in [0.1, 0.15) is 0 Å². The Morgan fingerprint density at radius 1 is 0.875 bits per heavy atom. The molecule has 32 heavy (non-hydrogen) atoms. The number of esters is 1. The van der Waals surface area contributed by atoms with Crippen molar-refractivity contribution < 1.29 is 14.1 Å². The average Bonchev–Trinajstić information content (AvgIpc) is 3.32. The summed E-state index contributed by atoms with van der Waals surface area (Å²) in [5, 5.41) is 4.34. The zero-order valence-corrected chi connectivity index (χ0v) is 19.4. The third kappa shape index (κ3) is 4.38. The van der Waals surface area contributed by atoms with E-state index in [1.807, 2.05) is 96.4 Å². The third-order valence-corrected chi connectivity index (χ3v) is 9.19. The highest BCUT2D eigenvalue weighted by molar-refractivity contribution is 7.85. The van der Waals surface area contributed by atoms with E-state index in [0.29, 0.717) is 6.61 Å². The average molecular weight is 459 g/mol. The summed E-state index contributed by atoms with van der Waals surface area (Å²) in [5.74, 6) is -0.378. The molecule has 0 unspecified atom stereocenters. The maximum Gasteiger partial charge on any atom is 0.330 e. The molecule has 1 aromatic heterocycles. The highest BCUT2D eigenvalue weighted by Crippen LogP contribution is 2.46. The molecular weight excluding hydrogens is 435 g/mol. The zero-order chi connectivity index (χ0) is 22.4. The van der Waals surface area contributed by atoms with Crippen LogP contribution in [0.15, 0.2) is 102 Å². The second-order valence-electron chi connectivity index (χ2n) is 7.09. The topological polar surface area (TPSA) is 43.4 Å². The Balaban J connectivity index is 1.90. The van der Waals surface area contributed by atoms with E-state index >= 15 is 0 Å². The van der Waals surface area contributed by atoms with E-state index in [1.165, 1.54) is 6.08 Å². The Morgan fingerprint density at radius 3 is 2.09 bits per heavy atom. The number of rotatable bonds is 7. The lowest BCUT2D eigenvalue weighted by atomic mass is 10.1. The van der Waals surface area contributed by atoms with Crippen molar-refractivity contribution in [1.82, 2.24) is 0 Å². The maximum atomic E-state index is 14.9. The van der Waals surface area contributed by atoms with Gasteiger partial charge < -0.3 is 9.30 Å². The number of hydrogen-bond acceptors (Lipinski definition) is 4. The summed E-state index contributed by atoms with van der Waals surface area (Å²) < 4.78 is 19.9. The quantitative estimate of drug-likeness (QED) is 0.205. The summed E-state index contributed by atoms with van der Waals surface area (Å²) in [6.45, 7) is 2.11. The molecule has 1 heterocycles. The van der Waals surface area contributed by atoms with E-state index in [-0.39, 0.29) is 5.97 Å². The molecule has 0 saturated carbocycles. The number of carbonyl (C=O) groups excluding carboxylic acids is 1. The molecule has 4 aromatic rings. The van der Waals surface area contributed by atoms with E-state index in [9.17, 15) is 9.36 Å². The normalized spacial score (nSPS) is 11.5. The molecular formula is C27H23O3PS. The van der Waals surface area contributed by atoms with Crippen LogP contribution in [0.4, 0.5) is 0 Å². The number of ether oxygens (including phenoxy) is 1. The molecule has 0 saturated heterocycles. The molecule has 0 aliphatic heterocycles. The zero-order valence-electron chi connectivity index (χ0n) is 17.7. The van der Waals surface area contributed by atoms with Crippen LogP contribution < -0.4 is 15.9 Å². The number of benzene rings is 3. The fourth-order valence-electron chi connectivity index (χ4n) is 3.66. The first-order valence-electron chi connectivity index (χ1n) is 10.4. The summed E-state index contributed by atoms with van der Waals surface area (Å²) in [6.07, 6.45) is 3.20. The summed E-state index contributed by atoms with van der Waals surface area (Å²) in [6, 6.07) is 29.1. The Bertz CT molecular complexity index is 1230. The van der Waals surface area contributed by atoms with Crippen LogP contribution in [0, 0.1) is 0 Å². The second-order valence-corrected chi connectivity index (χ2v) is 10.7. The summed E-state index contributed by atoms with van der Waals surface area (Å²) in [7, 11) is -3.13. The first kappa shape index (κ1) is 22.0. The maximum absolute atomic E-state index is 14.9. The molecule has 4 rings (SSSR count). The molecule has 0 fully saturated rings. The third-order valence-electron chi connectivity index (χ3n) is 5.11. The standard InChI is InChI=1S/C27H23O3PS/c1-2-30-26(28)18-17-21-19-20-32-27(21)24-15-9-10-16-25(24)31(29,22-11-5-3-6-12-22)23-13-7-4-8-14-23/h3-20H,2H2,1H3/b18-17+. The number of hydrogen-bond donors (Lipinski definition) is 0. The van der Waals surface area contributed by atoms with E-state index in [2.05, 4.69) is 0 Å². The largest absolute Gasteiger partial charge is 0.463 e. The molecule has 0 bridgehead atoms. The Labute approximate surface area is 192 Å². The van der Waals surface area contributed by atoms with E-state index < -0.39 is 7.14 Å². The molecule has 0 spiro atoms. The Morgan fingerprint density at radius 2 is 1.47 bits per heavy atom. The SMILES string of the molecule is CCOC(=O)/C=C/c1ccsc1-c1ccccc1P(=O)(c1ccccc1)c1ccccc1. The van der Waals surface area contributed by atoms with Gasteiger partial charge in [-0.15, -0.1) is 11.3 Å². The van der Waals surface area contributed by atoms with Gasteiger partial charge in [0.2, 0.25) is 0 Å². The summed E-state index contributed by atoms with van der Waals surface area (Å²) >= 11 is 1.56. The van der Waals surface area contributed by atoms with Crippen LogP contribution in [0.5, 0.6) is 0 Å². The minimum atomic E-state index is -3.13. The first-order valence-corrected chi connectivity index (χ1v) is 13.0. The van der Waals surface area contributed by atoms with Crippen LogP contribution in [0.2, 0.25) is 0 Å². The second kappa shape index (κ2) is 9.95. The van der Waals surface area contributed by atoms with Gasteiger partial charge in [0, 0.05) is 32.4 Å². The van der Waals surface area contributed by atoms with Crippen LogP contribution in [0.3, 0.4) is 0 Å². The molecule has 0 aliphatic carbocycles. The van der Waals surface area contributed by atoms with Crippen molar-refractivity contribution in [2.75, 3.05) is 6.61 Å². The van der Waals surface area contributed by atoms with Gasteiger partial charge in [-0.1, -0.05) is 84.9 Å². The molecule has 0 amide bonds. The van der Waals surface area contributed by atoms with Crippen molar-refractivity contribution in [3.05, 3.63) is 108 Å². The summed E-state index contributed by atoms with van der Waals surface area (Å²) in [4.78, 5) is 12.8. The van der Waals surface area contributed by atoms with Crippen LogP contribution in [-0.4, -0.2) is 12.6 Å². The molecule has 5 heteroatoms. The lowest BCUT2D eigenvalue weighted by Gasteiger charge is -2.22. The van der Waals surface area contributed by atoms with Gasteiger partial charge in [0.15, 0.2) is 7.14 Å². The molecule has 3 aromatic carbocycles. The lowest BCUT2D eigenvalue weighted by molar-refractivity contribution is -0.137. The van der Waals surface area contributed by atoms with Gasteiger partial charge in [0.25, 0.3) is 0 Å². The molecule has 3 nitrogen and oxygen atoms in total. The highest BCUT2D eigenvalue weighted by atomic mass is 32.1.